The molecule has 6 heteroatoms. The van der Waals surface area contributed by atoms with Gasteiger partial charge >= 0.3 is 6.03 Å². The number of rotatable bonds is 5. The summed E-state index contributed by atoms with van der Waals surface area (Å²) in [5, 5.41) is 2.55. The number of carbonyl (C=O) groups is 2. The van der Waals surface area contributed by atoms with Crippen LogP contribution in [0.2, 0.25) is 0 Å². The molecular formula is C15H15BrN2O3. The lowest BCUT2D eigenvalue weighted by Gasteiger charge is -2.07. The normalized spacial score (nSPS) is 16.3. The van der Waals surface area contributed by atoms with Gasteiger partial charge in [0.15, 0.2) is 0 Å². The van der Waals surface area contributed by atoms with Crippen molar-refractivity contribution in [2.24, 2.45) is 0 Å². The Balaban J connectivity index is 2.24. The van der Waals surface area contributed by atoms with Gasteiger partial charge in [0.05, 0.1) is 11.1 Å². The summed E-state index contributed by atoms with van der Waals surface area (Å²) in [6.07, 6.45) is 3.14. The van der Waals surface area contributed by atoms with Crippen molar-refractivity contribution in [2.45, 2.75) is 6.92 Å². The molecule has 0 unspecified atom stereocenters. The maximum atomic E-state index is 12.1. The highest BCUT2D eigenvalue weighted by atomic mass is 79.9. The summed E-state index contributed by atoms with van der Waals surface area (Å²) in [6.45, 7) is 6.20. The molecule has 1 aromatic carbocycles. The summed E-state index contributed by atoms with van der Waals surface area (Å²) >= 11 is 3.41. The van der Waals surface area contributed by atoms with Crippen molar-refractivity contribution in [3.63, 3.8) is 0 Å². The maximum Gasteiger partial charge on any atom is 0.329 e. The number of urea groups is 1. The fourth-order valence-corrected chi connectivity index (χ4v) is 2.42. The Morgan fingerprint density at radius 1 is 1.43 bits per heavy atom. The minimum absolute atomic E-state index is 0.189. The lowest BCUT2D eigenvalue weighted by molar-refractivity contribution is -0.122. The van der Waals surface area contributed by atoms with Crippen LogP contribution in [-0.4, -0.2) is 30.0 Å². The number of hydrogen-bond acceptors (Lipinski definition) is 3. The topological polar surface area (TPSA) is 58.6 Å². The second-order valence-electron chi connectivity index (χ2n) is 4.32. The molecule has 0 bridgehead atoms. The van der Waals surface area contributed by atoms with Gasteiger partial charge in [-0.2, -0.15) is 0 Å². The second kappa shape index (κ2) is 6.58. The van der Waals surface area contributed by atoms with Crippen molar-refractivity contribution >= 4 is 33.9 Å². The van der Waals surface area contributed by atoms with Crippen LogP contribution in [0.15, 0.2) is 41.0 Å². The number of carbonyl (C=O) groups excluding carboxylic acids is 2. The number of halogens is 1. The molecule has 5 nitrogen and oxygen atoms in total. The quantitative estimate of drug-likeness (QED) is 0.504. The molecule has 2 rings (SSSR count). The number of nitrogens with one attached hydrogen (secondary N) is 1. The Morgan fingerprint density at radius 3 is 2.81 bits per heavy atom. The van der Waals surface area contributed by atoms with Crippen molar-refractivity contribution in [3.05, 3.63) is 46.6 Å². The molecule has 0 atom stereocenters. The summed E-state index contributed by atoms with van der Waals surface area (Å²) in [5.74, 6) is 0.375. The van der Waals surface area contributed by atoms with Crippen LogP contribution in [0.5, 0.6) is 5.75 Å². The van der Waals surface area contributed by atoms with Crippen molar-refractivity contribution in [2.75, 3.05) is 13.2 Å². The van der Waals surface area contributed by atoms with Crippen molar-refractivity contribution in [3.8, 4) is 5.75 Å². The second-order valence-corrected chi connectivity index (χ2v) is 5.17. The molecule has 1 aromatic rings. The SMILES string of the molecule is C=CCN1C(=O)N/C(=C/c2ccc(OCC)c(Br)c2)C1=O. The largest absolute Gasteiger partial charge is 0.493 e. The molecule has 1 saturated heterocycles. The monoisotopic (exact) mass is 350 g/mol. The van der Waals surface area contributed by atoms with E-state index in [-0.39, 0.29) is 18.1 Å². The highest BCUT2D eigenvalue weighted by Crippen LogP contribution is 2.27. The van der Waals surface area contributed by atoms with E-state index in [1.165, 1.54) is 6.08 Å². The molecule has 110 valence electrons. The van der Waals surface area contributed by atoms with Crippen LogP contribution in [0.4, 0.5) is 4.79 Å². The molecule has 1 heterocycles. The van der Waals surface area contributed by atoms with Crippen LogP contribution >= 0.6 is 15.9 Å². The smallest absolute Gasteiger partial charge is 0.329 e. The van der Waals surface area contributed by atoms with Gasteiger partial charge in [0.25, 0.3) is 5.91 Å². The van der Waals surface area contributed by atoms with Gasteiger partial charge in [0.2, 0.25) is 0 Å². The number of amides is 3. The van der Waals surface area contributed by atoms with E-state index in [1.54, 1.807) is 6.08 Å². The molecule has 0 aliphatic carbocycles. The molecule has 3 amide bonds. The van der Waals surface area contributed by atoms with Gasteiger partial charge in [0.1, 0.15) is 11.4 Å². The summed E-state index contributed by atoms with van der Waals surface area (Å²) in [4.78, 5) is 24.8. The van der Waals surface area contributed by atoms with E-state index in [0.717, 1.165) is 20.7 Å². The average molecular weight is 351 g/mol. The Kier molecular flexibility index (Phi) is 4.80. The number of nitrogens with zero attached hydrogens (tertiary/aromatic N) is 1. The molecular weight excluding hydrogens is 336 g/mol. The number of benzene rings is 1. The first-order valence-corrected chi connectivity index (χ1v) is 7.24. The zero-order valence-electron chi connectivity index (χ0n) is 11.6. The van der Waals surface area contributed by atoms with Crippen LogP contribution in [0.25, 0.3) is 6.08 Å². The van der Waals surface area contributed by atoms with Crippen LogP contribution in [-0.2, 0) is 4.79 Å². The molecule has 1 aliphatic heterocycles. The first-order valence-electron chi connectivity index (χ1n) is 6.44. The molecule has 0 spiro atoms. The van der Waals surface area contributed by atoms with Crippen molar-refractivity contribution < 1.29 is 14.3 Å². The molecule has 1 fully saturated rings. The Hall–Kier alpha value is -2.08. The third-order valence-corrected chi connectivity index (χ3v) is 3.46. The van der Waals surface area contributed by atoms with E-state index < -0.39 is 6.03 Å². The molecule has 1 aliphatic rings. The third kappa shape index (κ3) is 3.33. The lowest BCUT2D eigenvalue weighted by atomic mass is 10.2. The van der Waals surface area contributed by atoms with Gasteiger partial charge in [-0.25, -0.2) is 4.79 Å². The van der Waals surface area contributed by atoms with Gasteiger partial charge in [0, 0.05) is 6.54 Å². The average Bonchev–Trinajstić information content (AvgIpc) is 2.70. The van der Waals surface area contributed by atoms with Crippen LogP contribution in [0.3, 0.4) is 0 Å². The molecule has 0 radical (unpaired) electrons. The van der Waals surface area contributed by atoms with Gasteiger partial charge in [-0.05, 0) is 46.6 Å². The van der Waals surface area contributed by atoms with Gasteiger partial charge in [-0.3, -0.25) is 9.69 Å². The van der Waals surface area contributed by atoms with Gasteiger partial charge < -0.3 is 10.1 Å². The van der Waals surface area contributed by atoms with Crippen LogP contribution in [0.1, 0.15) is 12.5 Å². The molecule has 21 heavy (non-hydrogen) atoms. The summed E-state index contributed by atoms with van der Waals surface area (Å²) < 4.78 is 6.22. The van der Waals surface area contributed by atoms with E-state index in [1.807, 2.05) is 25.1 Å². The van der Waals surface area contributed by atoms with Crippen molar-refractivity contribution in [1.82, 2.24) is 10.2 Å². The fraction of sp³-hybridized carbons (Fsp3) is 0.200. The molecule has 1 N–H and O–H groups in total. The fourth-order valence-electron chi connectivity index (χ4n) is 1.91. The van der Waals surface area contributed by atoms with Crippen molar-refractivity contribution in [1.29, 1.82) is 0 Å². The highest BCUT2D eigenvalue weighted by molar-refractivity contribution is 9.10. The zero-order valence-corrected chi connectivity index (χ0v) is 13.1. The third-order valence-electron chi connectivity index (χ3n) is 2.84. The van der Waals surface area contributed by atoms with Crippen LogP contribution in [0, 0.1) is 0 Å². The minimum atomic E-state index is -0.434. The minimum Gasteiger partial charge on any atom is -0.493 e. The predicted molar refractivity (Wildman–Crippen MR) is 83.7 cm³/mol. The Morgan fingerprint density at radius 2 is 2.19 bits per heavy atom. The summed E-state index contributed by atoms with van der Waals surface area (Å²) in [7, 11) is 0. The first kappa shape index (κ1) is 15.3. The van der Waals surface area contributed by atoms with Gasteiger partial charge in [-0.15, -0.1) is 6.58 Å². The Bertz CT molecular complexity index is 625. The Labute approximate surface area is 131 Å². The number of hydrogen-bond donors (Lipinski definition) is 1. The summed E-state index contributed by atoms with van der Waals surface area (Å²) in [6, 6.07) is 5.02. The lowest BCUT2D eigenvalue weighted by Crippen LogP contribution is -2.30. The van der Waals surface area contributed by atoms with E-state index in [9.17, 15) is 9.59 Å². The zero-order chi connectivity index (χ0) is 15.4. The van der Waals surface area contributed by atoms with E-state index in [0.29, 0.717) is 6.61 Å². The summed E-state index contributed by atoms with van der Waals surface area (Å²) in [5.41, 5.74) is 1.03. The van der Waals surface area contributed by atoms with E-state index >= 15 is 0 Å². The van der Waals surface area contributed by atoms with Crippen LogP contribution < -0.4 is 10.1 Å². The predicted octanol–water partition coefficient (Wildman–Crippen LogP) is 2.93. The standard InChI is InChI=1S/C15H15BrN2O3/c1-3-7-18-14(19)12(17-15(18)20)9-10-5-6-13(21-4-2)11(16)8-10/h3,5-6,8-9H,1,4,7H2,2H3,(H,17,20)/b12-9+. The maximum absolute atomic E-state index is 12.1. The van der Waals surface area contributed by atoms with E-state index in [4.69, 9.17) is 4.74 Å². The van der Waals surface area contributed by atoms with E-state index in [2.05, 4.69) is 27.8 Å². The first-order chi connectivity index (χ1) is 10.1. The number of ether oxygens (including phenoxy) is 1. The molecule has 0 saturated carbocycles. The molecule has 0 aromatic heterocycles. The number of imide groups is 1. The highest BCUT2D eigenvalue weighted by Gasteiger charge is 2.32. The van der Waals surface area contributed by atoms with Gasteiger partial charge in [-0.1, -0.05) is 12.1 Å².